The summed E-state index contributed by atoms with van der Waals surface area (Å²) >= 11 is 0. The molecule has 6 nitrogen and oxygen atoms in total. The molecular weight excluding hydrogens is 262 g/mol. The molecule has 0 aromatic heterocycles. The van der Waals surface area contributed by atoms with E-state index in [1.165, 1.54) is 0 Å². The lowest BCUT2D eigenvalue weighted by atomic mass is 10.3. The van der Waals surface area contributed by atoms with Crippen LogP contribution in [0, 0.1) is 0 Å². The molecule has 0 fully saturated rings. The van der Waals surface area contributed by atoms with E-state index in [9.17, 15) is 0 Å². The van der Waals surface area contributed by atoms with Crippen molar-refractivity contribution in [2.75, 3.05) is 73.0 Å². The smallest absolute Gasteiger partial charge is 0.0698 e. The predicted molar refractivity (Wildman–Crippen MR) is 78.0 cm³/mol. The number of aliphatic hydroxyl groups is 2. The van der Waals surface area contributed by atoms with Gasteiger partial charge in [-0.25, -0.2) is 0 Å². The molecule has 0 bridgehead atoms. The number of nitrogens with zero attached hydrogens (tertiary/aromatic N) is 1. The summed E-state index contributed by atoms with van der Waals surface area (Å²) < 4.78 is 15.6. The molecule has 0 radical (unpaired) electrons. The Bertz CT molecular complexity index is 171. The summed E-state index contributed by atoms with van der Waals surface area (Å²) in [5.74, 6) is 0. The molecule has 20 heavy (non-hydrogen) atoms. The molecule has 0 unspecified atom stereocenters. The van der Waals surface area contributed by atoms with E-state index in [0.717, 1.165) is 45.5 Å². The highest BCUT2D eigenvalue weighted by atomic mass is 16.5. The van der Waals surface area contributed by atoms with Crippen LogP contribution < -0.4 is 0 Å². The number of ether oxygens (including phenoxy) is 3. The molecule has 0 aliphatic carbocycles. The van der Waals surface area contributed by atoms with Gasteiger partial charge in [0, 0.05) is 33.4 Å². The third-order valence-corrected chi connectivity index (χ3v) is 2.86. The topological polar surface area (TPSA) is 71.4 Å². The number of rotatable bonds is 16. The molecule has 0 amide bonds. The third-order valence-electron chi connectivity index (χ3n) is 2.86. The fraction of sp³-hybridized carbons (Fsp3) is 1.00. The van der Waals surface area contributed by atoms with Gasteiger partial charge in [-0.3, -0.25) is 0 Å². The Morgan fingerprint density at radius 3 is 2.00 bits per heavy atom. The van der Waals surface area contributed by atoms with Crippen LogP contribution >= 0.6 is 0 Å². The number of unbranched alkanes of at least 4 members (excludes halogenated alkanes) is 1. The molecule has 0 aliphatic rings. The Morgan fingerprint density at radius 2 is 1.35 bits per heavy atom. The largest absolute Gasteiger partial charge is 0.394 e. The molecule has 0 saturated carbocycles. The monoisotopic (exact) mass is 293 g/mol. The van der Waals surface area contributed by atoms with E-state index in [4.69, 9.17) is 24.4 Å². The molecular formula is C14H31NO5. The van der Waals surface area contributed by atoms with Crippen molar-refractivity contribution in [1.82, 2.24) is 4.90 Å². The van der Waals surface area contributed by atoms with Gasteiger partial charge in [0.15, 0.2) is 0 Å². The summed E-state index contributed by atoms with van der Waals surface area (Å²) in [6, 6.07) is 0. The molecule has 0 spiro atoms. The lowest BCUT2D eigenvalue weighted by Crippen LogP contribution is -2.31. The zero-order chi connectivity index (χ0) is 14.9. The first kappa shape index (κ1) is 19.8. The van der Waals surface area contributed by atoms with Gasteiger partial charge in [-0.2, -0.15) is 0 Å². The van der Waals surface area contributed by atoms with Gasteiger partial charge >= 0.3 is 0 Å². The summed E-state index contributed by atoms with van der Waals surface area (Å²) in [6.07, 6.45) is 3.11. The van der Waals surface area contributed by atoms with Gasteiger partial charge in [-0.05, 0) is 25.8 Å². The molecule has 122 valence electrons. The number of hydrogen-bond acceptors (Lipinski definition) is 6. The van der Waals surface area contributed by atoms with Crippen molar-refractivity contribution in [3.63, 3.8) is 0 Å². The number of hydrogen-bond donors (Lipinski definition) is 2. The van der Waals surface area contributed by atoms with E-state index in [1.54, 1.807) is 7.11 Å². The van der Waals surface area contributed by atoms with Crippen LogP contribution in [0.3, 0.4) is 0 Å². The molecule has 0 aromatic rings. The Hall–Kier alpha value is -0.240. The standard InChI is InChI=1S/C14H31NO5/c1-18-10-3-2-5-15(7-12-20-14-9-17)6-4-11-19-13-8-16/h16-17H,2-14H2,1H3. The van der Waals surface area contributed by atoms with E-state index in [0.29, 0.717) is 26.4 Å². The first-order chi connectivity index (χ1) is 9.85. The van der Waals surface area contributed by atoms with Crippen LogP contribution in [-0.2, 0) is 14.2 Å². The Morgan fingerprint density at radius 1 is 0.700 bits per heavy atom. The molecule has 0 heterocycles. The van der Waals surface area contributed by atoms with Crippen LogP contribution in [0.2, 0.25) is 0 Å². The van der Waals surface area contributed by atoms with Gasteiger partial charge in [0.1, 0.15) is 0 Å². The minimum absolute atomic E-state index is 0.0723. The molecule has 0 saturated heterocycles. The normalized spacial score (nSPS) is 11.4. The maximum Gasteiger partial charge on any atom is 0.0698 e. The Balaban J connectivity index is 3.67. The van der Waals surface area contributed by atoms with Gasteiger partial charge < -0.3 is 29.3 Å². The van der Waals surface area contributed by atoms with Gasteiger partial charge in [0.2, 0.25) is 0 Å². The Kier molecular flexibility index (Phi) is 16.6. The van der Waals surface area contributed by atoms with Crippen molar-refractivity contribution in [2.24, 2.45) is 0 Å². The maximum atomic E-state index is 8.67. The average Bonchev–Trinajstić information content (AvgIpc) is 2.47. The van der Waals surface area contributed by atoms with Crippen LogP contribution in [0.1, 0.15) is 19.3 Å². The van der Waals surface area contributed by atoms with E-state index < -0.39 is 0 Å². The third kappa shape index (κ3) is 14.2. The van der Waals surface area contributed by atoms with Gasteiger partial charge in [0.25, 0.3) is 0 Å². The van der Waals surface area contributed by atoms with Crippen molar-refractivity contribution in [2.45, 2.75) is 19.3 Å². The van der Waals surface area contributed by atoms with Gasteiger partial charge in [-0.1, -0.05) is 0 Å². The van der Waals surface area contributed by atoms with Crippen LogP contribution in [0.4, 0.5) is 0 Å². The van der Waals surface area contributed by atoms with E-state index >= 15 is 0 Å². The fourth-order valence-corrected chi connectivity index (χ4v) is 1.83. The number of aliphatic hydroxyl groups excluding tert-OH is 2. The molecule has 0 rings (SSSR count). The first-order valence-corrected chi connectivity index (χ1v) is 7.43. The van der Waals surface area contributed by atoms with Gasteiger partial charge in [-0.15, -0.1) is 0 Å². The van der Waals surface area contributed by atoms with Crippen molar-refractivity contribution in [3.8, 4) is 0 Å². The predicted octanol–water partition coefficient (Wildman–Crippen LogP) is 0.123. The summed E-state index contributed by atoms with van der Waals surface area (Å²) in [5.41, 5.74) is 0. The maximum absolute atomic E-state index is 8.67. The second-order valence-corrected chi connectivity index (χ2v) is 4.57. The van der Waals surface area contributed by atoms with Crippen LogP contribution in [-0.4, -0.2) is 88.1 Å². The van der Waals surface area contributed by atoms with Crippen molar-refractivity contribution in [3.05, 3.63) is 0 Å². The molecule has 0 atom stereocenters. The van der Waals surface area contributed by atoms with Crippen molar-refractivity contribution < 1.29 is 24.4 Å². The first-order valence-electron chi connectivity index (χ1n) is 7.43. The van der Waals surface area contributed by atoms with Crippen LogP contribution in [0.15, 0.2) is 0 Å². The molecule has 2 N–H and O–H groups in total. The highest BCUT2D eigenvalue weighted by molar-refractivity contribution is 4.58. The molecule has 0 aromatic carbocycles. The van der Waals surface area contributed by atoms with Crippen molar-refractivity contribution >= 4 is 0 Å². The second kappa shape index (κ2) is 16.8. The molecule has 6 heteroatoms. The van der Waals surface area contributed by atoms with Crippen molar-refractivity contribution in [1.29, 1.82) is 0 Å². The average molecular weight is 293 g/mol. The van der Waals surface area contributed by atoms with E-state index in [-0.39, 0.29) is 13.2 Å². The zero-order valence-electron chi connectivity index (χ0n) is 12.8. The van der Waals surface area contributed by atoms with E-state index in [2.05, 4.69) is 4.90 Å². The summed E-state index contributed by atoms with van der Waals surface area (Å²) in [5, 5.41) is 17.3. The summed E-state index contributed by atoms with van der Waals surface area (Å²) in [4.78, 5) is 2.34. The summed E-state index contributed by atoms with van der Waals surface area (Å²) in [6.45, 7) is 5.92. The zero-order valence-corrected chi connectivity index (χ0v) is 12.8. The summed E-state index contributed by atoms with van der Waals surface area (Å²) in [7, 11) is 1.72. The fourth-order valence-electron chi connectivity index (χ4n) is 1.83. The lowest BCUT2D eigenvalue weighted by molar-refractivity contribution is 0.0633. The minimum atomic E-state index is 0.0723. The lowest BCUT2D eigenvalue weighted by Gasteiger charge is -2.22. The highest BCUT2D eigenvalue weighted by Crippen LogP contribution is 1.98. The number of methoxy groups -OCH3 is 1. The second-order valence-electron chi connectivity index (χ2n) is 4.57. The Labute approximate surface area is 122 Å². The quantitative estimate of drug-likeness (QED) is 0.394. The highest BCUT2D eigenvalue weighted by Gasteiger charge is 2.04. The molecule has 0 aliphatic heterocycles. The van der Waals surface area contributed by atoms with Gasteiger partial charge in [0.05, 0.1) is 33.0 Å². The SMILES string of the molecule is COCCCCN(CCCOCCO)CCOCCO. The van der Waals surface area contributed by atoms with Crippen LogP contribution in [0.25, 0.3) is 0 Å². The van der Waals surface area contributed by atoms with E-state index in [1.807, 2.05) is 0 Å². The van der Waals surface area contributed by atoms with Crippen LogP contribution in [0.5, 0.6) is 0 Å². The minimum Gasteiger partial charge on any atom is -0.394 e.